The second kappa shape index (κ2) is 8.19. The molecule has 0 aliphatic rings. The first-order chi connectivity index (χ1) is 13.0. The maximum atomic E-state index is 12.2. The van der Waals surface area contributed by atoms with Crippen LogP contribution in [0.15, 0.2) is 53.1 Å². The highest BCUT2D eigenvalue weighted by molar-refractivity contribution is 5.92. The molecule has 0 fully saturated rings. The van der Waals surface area contributed by atoms with Crippen LogP contribution in [0, 0.1) is 25.2 Å². The molecule has 0 spiro atoms. The van der Waals surface area contributed by atoms with Gasteiger partial charge in [0.05, 0.1) is 29.3 Å². The third-order valence-corrected chi connectivity index (χ3v) is 4.13. The van der Waals surface area contributed by atoms with Gasteiger partial charge >= 0.3 is 0 Å². The van der Waals surface area contributed by atoms with Crippen molar-refractivity contribution >= 4 is 11.6 Å². The van der Waals surface area contributed by atoms with E-state index >= 15 is 0 Å². The fourth-order valence-corrected chi connectivity index (χ4v) is 2.62. The third-order valence-electron chi connectivity index (χ3n) is 4.13. The van der Waals surface area contributed by atoms with Crippen LogP contribution in [0.5, 0.6) is 5.75 Å². The average molecular weight is 361 g/mol. The van der Waals surface area contributed by atoms with E-state index in [1.54, 1.807) is 24.3 Å². The lowest BCUT2D eigenvalue weighted by Crippen LogP contribution is -2.14. The summed E-state index contributed by atoms with van der Waals surface area (Å²) in [6, 6.07) is 16.2. The lowest BCUT2D eigenvalue weighted by atomic mass is 10.1. The number of rotatable bonds is 6. The van der Waals surface area contributed by atoms with Crippen LogP contribution in [-0.2, 0) is 17.8 Å². The number of aryl methyl sites for hydroxylation is 2. The minimum Gasteiger partial charge on any atom is -0.489 e. The molecular weight excluding hydrogens is 342 g/mol. The number of hydrogen-bond donors (Lipinski definition) is 1. The molecule has 1 aromatic heterocycles. The van der Waals surface area contributed by atoms with Crippen LogP contribution in [0.2, 0.25) is 0 Å². The maximum absolute atomic E-state index is 12.2. The van der Waals surface area contributed by atoms with E-state index in [2.05, 4.69) is 16.5 Å². The Morgan fingerprint density at radius 2 is 2.00 bits per heavy atom. The van der Waals surface area contributed by atoms with Gasteiger partial charge in [0.25, 0.3) is 0 Å². The summed E-state index contributed by atoms with van der Waals surface area (Å²) in [5.41, 5.74) is 3.75. The zero-order valence-electron chi connectivity index (χ0n) is 15.2. The molecule has 1 heterocycles. The van der Waals surface area contributed by atoms with E-state index in [4.69, 9.17) is 14.5 Å². The van der Waals surface area contributed by atoms with Gasteiger partial charge in [-0.1, -0.05) is 23.4 Å². The molecule has 2 aromatic carbocycles. The first-order valence-electron chi connectivity index (χ1n) is 8.48. The minimum atomic E-state index is -0.144. The number of anilines is 1. The molecule has 3 aromatic rings. The van der Waals surface area contributed by atoms with Crippen molar-refractivity contribution in [1.82, 2.24) is 5.16 Å². The average Bonchev–Trinajstić information content (AvgIpc) is 2.99. The SMILES string of the molecule is Cc1noc(C)c1COc1ccc(CC(=O)Nc2cccc(C#N)c2)cc1. The Morgan fingerprint density at radius 1 is 1.22 bits per heavy atom. The van der Waals surface area contributed by atoms with Gasteiger partial charge in [0, 0.05) is 5.69 Å². The number of hydrogen-bond acceptors (Lipinski definition) is 5. The highest BCUT2D eigenvalue weighted by atomic mass is 16.5. The summed E-state index contributed by atoms with van der Waals surface area (Å²) in [6.45, 7) is 4.12. The molecule has 0 atom stereocenters. The molecule has 1 amide bonds. The fourth-order valence-electron chi connectivity index (χ4n) is 2.62. The number of benzene rings is 2. The summed E-state index contributed by atoms with van der Waals surface area (Å²) >= 11 is 0. The zero-order valence-corrected chi connectivity index (χ0v) is 15.2. The van der Waals surface area contributed by atoms with Crippen molar-refractivity contribution in [3.8, 4) is 11.8 Å². The number of ether oxygens (including phenoxy) is 1. The molecule has 0 bridgehead atoms. The van der Waals surface area contributed by atoms with Crippen LogP contribution in [0.4, 0.5) is 5.69 Å². The number of carbonyl (C=O) groups excluding carboxylic acids is 1. The van der Waals surface area contributed by atoms with E-state index in [9.17, 15) is 4.79 Å². The number of carbonyl (C=O) groups is 1. The highest BCUT2D eigenvalue weighted by Gasteiger charge is 2.10. The van der Waals surface area contributed by atoms with Gasteiger partial charge in [-0.15, -0.1) is 0 Å². The number of amides is 1. The molecule has 0 aliphatic heterocycles. The minimum absolute atomic E-state index is 0.144. The summed E-state index contributed by atoms with van der Waals surface area (Å²) < 4.78 is 10.9. The number of nitriles is 1. The molecule has 136 valence electrons. The molecular formula is C21H19N3O3. The number of aromatic nitrogens is 1. The van der Waals surface area contributed by atoms with E-state index in [-0.39, 0.29) is 12.3 Å². The smallest absolute Gasteiger partial charge is 0.228 e. The van der Waals surface area contributed by atoms with Gasteiger partial charge in [0.15, 0.2) is 0 Å². The van der Waals surface area contributed by atoms with Crippen molar-refractivity contribution in [1.29, 1.82) is 5.26 Å². The highest BCUT2D eigenvalue weighted by Crippen LogP contribution is 2.18. The molecule has 1 N–H and O–H groups in total. The Kier molecular flexibility index (Phi) is 5.53. The lowest BCUT2D eigenvalue weighted by molar-refractivity contribution is -0.115. The predicted octanol–water partition coefficient (Wildman–Crippen LogP) is 3.92. The summed E-state index contributed by atoms with van der Waals surface area (Å²) in [4.78, 5) is 12.2. The third kappa shape index (κ3) is 4.73. The summed E-state index contributed by atoms with van der Waals surface area (Å²) in [7, 11) is 0. The molecule has 6 nitrogen and oxygen atoms in total. The standard InChI is InChI=1S/C21H19N3O3/c1-14-20(15(2)27-24-14)13-26-19-8-6-16(7-9-19)11-21(25)23-18-5-3-4-17(10-18)12-22/h3-10H,11,13H2,1-2H3,(H,23,25). The first kappa shape index (κ1) is 18.2. The summed E-state index contributed by atoms with van der Waals surface area (Å²) in [6.07, 6.45) is 0.237. The Balaban J connectivity index is 1.55. The Morgan fingerprint density at radius 3 is 2.67 bits per heavy atom. The number of nitrogens with zero attached hydrogens (tertiary/aromatic N) is 2. The Bertz CT molecular complexity index is 965. The van der Waals surface area contributed by atoms with Gasteiger partial charge in [-0.3, -0.25) is 4.79 Å². The van der Waals surface area contributed by atoms with Gasteiger partial charge in [0.2, 0.25) is 5.91 Å². The second-order valence-corrected chi connectivity index (χ2v) is 6.15. The molecule has 3 rings (SSSR count). The van der Waals surface area contributed by atoms with Gasteiger partial charge in [0.1, 0.15) is 18.1 Å². The van der Waals surface area contributed by atoms with E-state index in [1.165, 1.54) is 0 Å². The van der Waals surface area contributed by atoms with Gasteiger partial charge in [-0.05, 0) is 49.7 Å². The van der Waals surface area contributed by atoms with Gasteiger partial charge in [-0.25, -0.2) is 0 Å². The van der Waals surface area contributed by atoms with Gasteiger partial charge < -0.3 is 14.6 Å². The molecule has 0 aliphatic carbocycles. The second-order valence-electron chi connectivity index (χ2n) is 6.15. The van der Waals surface area contributed by atoms with Crippen molar-refractivity contribution in [2.75, 3.05) is 5.32 Å². The topological polar surface area (TPSA) is 88.2 Å². The van der Waals surface area contributed by atoms with Gasteiger partial charge in [-0.2, -0.15) is 5.26 Å². The van der Waals surface area contributed by atoms with Crippen LogP contribution >= 0.6 is 0 Å². The van der Waals surface area contributed by atoms with Crippen LogP contribution in [0.1, 0.15) is 28.1 Å². The van der Waals surface area contributed by atoms with Crippen LogP contribution in [-0.4, -0.2) is 11.1 Å². The summed E-state index contributed by atoms with van der Waals surface area (Å²) in [5, 5.41) is 15.6. The summed E-state index contributed by atoms with van der Waals surface area (Å²) in [5.74, 6) is 1.32. The molecule has 27 heavy (non-hydrogen) atoms. The van der Waals surface area contributed by atoms with Crippen LogP contribution < -0.4 is 10.1 Å². The molecule has 6 heteroatoms. The maximum Gasteiger partial charge on any atom is 0.228 e. The van der Waals surface area contributed by atoms with E-state index in [0.29, 0.717) is 23.6 Å². The molecule has 0 radical (unpaired) electrons. The Hall–Kier alpha value is -3.59. The molecule has 0 unspecified atom stereocenters. The predicted molar refractivity (Wildman–Crippen MR) is 100 cm³/mol. The van der Waals surface area contributed by atoms with E-state index in [0.717, 1.165) is 22.6 Å². The molecule has 0 saturated carbocycles. The normalized spacial score (nSPS) is 10.3. The largest absolute Gasteiger partial charge is 0.489 e. The zero-order chi connectivity index (χ0) is 19.2. The van der Waals surface area contributed by atoms with Crippen molar-refractivity contribution in [2.24, 2.45) is 0 Å². The van der Waals surface area contributed by atoms with Crippen molar-refractivity contribution < 1.29 is 14.1 Å². The molecule has 0 saturated heterocycles. The first-order valence-corrected chi connectivity index (χ1v) is 8.48. The van der Waals surface area contributed by atoms with Crippen LogP contribution in [0.3, 0.4) is 0 Å². The monoisotopic (exact) mass is 361 g/mol. The van der Waals surface area contributed by atoms with Crippen molar-refractivity contribution in [2.45, 2.75) is 26.9 Å². The number of nitrogens with one attached hydrogen (secondary N) is 1. The van der Waals surface area contributed by atoms with E-state index < -0.39 is 0 Å². The van der Waals surface area contributed by atoms with Crippen LogP contribution in [0.25, 0.3) is 0 Å². The lowest BCUT2D eigenvalue weighted by Gasteiger charge is -2.08. The van der Waals surface area contributed by atoms with Crippen molar-refractivity contribution in [3.05, 3.63) is 76.7 Å². The fraction of sp³-hybridized carbons (Fsp3) is 0.190. The quantitative estimate of drug-likeness (QED) is 0.719. The van der Waals surface area contributed by atoms with Crippen molar-refractivity contribution in [3.63, 3.8) is 0 Å². The van der Waals surface area contributed by atoms with E-state index in [1.807, 2.05) is 38.1 Å². The Labute approximate surface area is 157 Å².